The van der Waals surface area contributed by atoms with Gasteiger partial charge in [0.05, 0.1) is 0 Å². The molecule has 16 heavy (non-hydrogen) atoms. The summed E-state index contributed by atoms with van der Waals surface area (Å²) in [6.07, 6.45) is 0. The first-order valence-electron chi connectivity index (χ1n) is 4.52. The minimum atomic E-state index is -1.14. The van der Waals surface area contributed by atoms with Crippen LogP contribution in [0.25, 0.3) is 0 Å². The molecule has 0 radical (unpaired) electrons. The fourth-order valence-electron chi connectivity index (χ4n) is 1.63. The molecular weight excluding hydrogens is 251 g/mol. The van der Waals surface area contributed by atoms with Gasteiger partial charge in [-0.1, -0.05) is 29.3 Å². The maximum Gasteiger partial charge on any atom is 0.322 e. The van der Waals surface area contributed by atoms with Gasteiger partial charge in [-0.25, -0.2) is 4.79 Å². The number of benzene rings is 1. The van der Waals surface area contributed by atoms with Gasteiger partial charge in [0.25, 0.3) is 5.91 Å². The van der Waals surface area contributed by atoms with Crippen molar-refractivity contribution in [3.8, 4) is 0 Å². The summed E-state index contributed by atoms with van der Waals surface area (Å²) in [6, 6.07) is 4.24. The molecule has 2 rings (SSSR count). The summed E-state index contributed by atoms with van der Waals surface area (Å²) in [5.74, 6) is -0.429. The lowest BCUT2D eigenvalue weighted by Crippen LogP contribution is -2.40. The zero-order valence-corrected chi connectivity index (χ0v) is 9.82. The van der Waals surface area contributed by atoms with Gasteiger partial charge in [-0.05, 0) is 19.1 Å². The molecule has 0 saturated carbocycles. The third-order valence-electron chi connectivity index (χ3n) is 2.51. The Morgan fingerprint density at radius 2 is 1.94 bits per heavy atom. The number of hydrogen-bond donors (Lipinski definition) is 2. The van der Waals surface area contributed by atoms with E-state index in [2.05, 4.69) is 10.6 Å². The molecule has 1 aliphatic rings. The topological polar surface area (TPSA) is 58.2 Å². The molecule has 2 N–H and O–H groups in total. The second-order valence-electron chi connectivity index (χ2n) is 3.66. The number of imide groups is 1. The quantitative estimate of drug-likeness (QED) is 0.758. The minimum absolute atomic E-state index is 0.340. The summed E-state index contributed by atoms with van der Waals surface area (Å²) < 4.78 is 0. The predicted octanol–water partition coefficient (Wildman–Crippen LogP) is 2.05. The first-order valence-corrected chi connectivity index (χ1v) is 5.28. The van der Waals surface area contributed by atoms with Crippen molar-refractivity contribution in [3.63, 3.8) is 0 Å². The van der Waals surface area contributed by atoms with Gasteiger partial charge in [-0.15, -0.1) is 0 Å². The van der Waals surface area contributed by atoms with Crippen LogP contribution in [0.3, 0.4) is 0 Å². The number of amides is 3. The second-order valence-corrected chi connectivity index (χ2v) is 4.50. The minimum Gasteiger partial charge on any atom is -0.320 e. The molecule has 0 bridgehead atoms. The molecule has 0 unspecified atom stereocenters. The number of nitrogens with one attached hydrogen (secondary N) is 2. The summed E-state index contributed by atoms with van der Waals surface area (Å²) in [6.45, 7) is 1.59. The SMILES string of the molecule is C[C@]1(c2ccc(Cl)cc2Cl)NC(=O)NC1=O. The van der Waals surface area contributed by atoms with E-state index in [0.717, 1.165) is 0 Å². The molecule has 6 heteroatoms. The number of carbonyl (C=O) groups is 2. The number of halogens is 2. The van der Waals surface area contributed by atoms with Crippen molar-refractivity contribution in [3.05, 3.63) is 33.8 Å². The molecular formula is C10H8Cl2N2O2. The zero-order valence-electron chi connectivity index (χ0n) is 8.30. The van der Waals surface area contributed by atoms with E-state index in [9.17, 15) is 9.59 Å². The Balaban J connectivity index is 2.51. The van der Waals surface area contributed by atoms with Crippen LogP contribution in [0.5, 0.6) is 0 Å². The van der Waals surface area contributed by atoms with Gasteiger partial charge >= 0.3 is 6.03 Å². The highest BCUT2D eigenvalue weighted by molar-refractivity contribution is 6.35. The third kappa shape index (κ3) is 1.64. The Morgan fingerprint density at radius 1 is 1.25 bits per heavy atom. The highest BCUT2D eigenvalue weighted by atomic mass is 35.5. The summed E-state index contributed by atoms with van der Waals surface area (Å²) in [5.41, 5.74) is -0.624. The molecule has 1 atom stereocenters. The lowest BCUT2D eigenvalue weighted by atomic mass is 9.92. The van der Waals surface area contributed by atoms with Crippen LogP contribution in [0.4, 0.5) is 4.79 Å². The summed E-state index contributed by atoms with van der Waals surface area (Å²) in [4.78, 5) is 22.8. The van der Waals surface area contributed by atoms with Crippen LogP contribution < -0.4 is 10.6 Å². The Morgan fingerprint density at radius 3 is 2.44 bits per heavy atom. The van der Waals surface area contributed by atoms with E-state index in [-0.39, 0.29) is 0 Å². The molecule has 0 spiro atoms. The summed E-state index contributed by atoms with van der Waals surface area (Å²) in [5, 5.41) is 5.51. The lowest BCUT2D eigenvalue weighted by Gasteiger charge is -2.22. The van der Waals surface area contributed by atoms with Crippen LogP contribution in [-0.2, 0) is 10.3 Å². The molecule has 1 heterocycles. The average molecular weight is 259 g/mol. The largest absolute Gasteiger partial charge is 0.322 e. The highest BCUT2D eigenvalue weighted by Gasteiger charge is 2.44. The van der Waals surface area contributed by atoms with Gasteiger partial charge in [0, 0.05) is 15.6 Å². The van der Waals surface area contributed by atoms with Gasteiger partial charge in [0.15, 0.2) is 0 Å². The fourth-order valence-corrected chi connectivity index (χ4v) is 2.23. The maximum atomic E-state index is 11.7. The number of urea groups is 1. The number of hydrogen-bond acceptors (Lipinski definition) is 2. The predicted molar refractivity (Wildman–Crippen MR) is 60.5 cm³/mol. The number of carbonyl (C=O) groups excluding carboxylic acids is 2. The Hall–Kier alpha value is -1.26. The van der Waals surface area contributed by atoms with Crippen molar-refractivity contribution in [2.24, 2.45) is 0 Å². The first-order chi connectivity index (χ1) is 7.43. The standard InChI is InChI=1S/C10H8Cl2N2O2/c1-10(8(15)13-9(16)14-10)6-3-2-5(11)4-7(6)12/h2-4H,1H3,(H2,13,14,15,16)/t10-/m1/s1. The van der Waals surface area contributed by atoms with E-state index in [4.69, 9.17) is 23.2 Å². The van der Waals surface area contributed by atoms with Gasteiger partial charge in [0.2, 0.25) is 0 Å². The second kappa shape index (κ2) is 3.64. The van der Waals surface area contributed by atoms with Gasteiger partial charge in [0.1, 0.15) is 5.54 Å². The molecule has 1 aromatic rings. The molecule has 0 aliphatic carbocycles. The van der Waals surface area contributed by atoms with Gasteiger partial charge < -0.3 is 5.32 Å². The van der Waals surface area contributed by atoms with Crippen LogP contribution in [0.15, 0.2) is 18.2 Å². The van der Waals surface area contributed by atoms with E-state index in [1.807, 2.05) is 0 Å². The van der Waals surface area contributed by atoms with Crippen LogP contribution >= 0.6 is 23.2 Å². The number of rotatable bonds is 1. The van der Waals surface area contributed by atoms with E-state index in [1.165, 1.54) is 6.07 Å². The molecule has 84 valence electrons. The van der Waals surface area contributed by atoms with Gasteiger partial charge in [-0.3, -0.25) is 10.1 Å². The summed E-state index contributed by atoms with van der Waals surface area (Å²) >= 11 is 11.8. The van der Waals surface area contributed by atoms with E-state index < -0.39 is 17.5 Å². The Bertz CT molecular complexity index is 490. The van der Waals surface area contributed by atoms with Crippen molar-refractivity contribution in [1.29, 1.82) is 0 Å². The van der Waals surface area contributed by atoms with Crippen LogP contribution in [-0.4, -0.2) is 11.9 Å². The fraction of sp³-hybridized carbons (Fsp3) is 0.200. The monoisotopic (exact) mass is 258 g/mol. The van der Waals surface area contributed by atoms with E-state index in [1.54, 1.807) is 19.1 Å². The Kier molecular flexibility index (Phi) is 2.56. The smallest absolute Gasteiger partial charge is 0.320 e. The molecule has 0 aromatic heterocycles. The van der Waals surface area contributed by atoms with Crippen LogP contribution in [0, 0.1) is 0 Å². The molecule has 3 amide bonds. The van der Waals surface area contributed by atoms with Crippen molar-refractivity contribution in [1.82, 2.24) is 10.6 Å². The lowest BCUT2D eigenvalue weighted by molar-refractivity contribution is -0.123. The molecule has 4 nitrogen and oxygen atoms in total. The van der Waals surface area contributed by atoms with Crippen LogP contribution in [0.2, 0.25) is 10.0 Å². The van der Waals surface area contributed by atoms with Crippen molar-refractivity contribution < 1.29 is 9.59 Å². The first kappa shape index (κ1) is 11.2. The van der Waals surface area contributed by atoms with E-state index in [0.29, 0.717) is 15.6 Å². The van der Waals surface area contributed by atoms with Crippen molar-refractivity contribution >= 4 is 35.1 Å². The Labute approximate surface area is 102 Å². The van der Waals surface area contributed by atoms with Gasteiger partial charge in [-0.2, -0.15) is 0 Å². The molecule has 1 aromatic carbocycles. The van der Waals surface area contributed by atoms with Crippen molar-refractivity contribution in [2.45, 2.75) is 12.5 Å². The van der Waals surface area contributed by atoms with E-state index >= 15 is 0 Å². The zero-order chi connectivity index (χ0) is 11.9. The highest BCUT2D eigenvalue weighted by Crippen LogP contribution is 2.32. The maximum absolute atomic E-state index is 11.7. The molecule has 1 saturated heterocycles. The van der Waals surface area contributed by atoms with Crippen LogP contribution in [0.1, 0.15) is 12.5 Å². The normalized spacial score (nSPS) is 24.2. The molecule has 1 aliphatic heterocycles. The summed E-state index contributed by atoms with van der Waals surface area (Å²) in [7, 11) is 0. The van der Waals surface area contributed by atoms with Crippen molar-refractivity contribution in [2.75, 3.05) is 0 Å². The third-order valence-corrected chi connectivity index (χ3v) is 3.06. The average Bonchev–Trinajstić information content (AvgIpc) is 2.40. The molecule has 1 fully saturated rings.